The maximum atomic E-state index is 13.0. The third-order valence-corrected chi connectivity index (χ3v) is 6.03. The van der Waals surface area contributed by atoms with Crippen molar-refractivity contribution in [2.75, 3.05) is 31.3 Å². The quantitative estimate of drug-likeness (QED) is 0.401. The van der Waals surface area contributed by atoms with Crippen LogP contribution in [0.5, 0.6) is 0 Å². The van der Waals surface area contributed by atoms with Crippen molar-refractivity contribution in [1.82, 2.24) is 14.5 Å². The molecule has 4 rings (SSSR count). The van der Waals surface area contributed by atoms with Crippen LogP contribution in [-0.2, 0) is 17.9 Å². The maximum Gasteiger partial charge on any atom is 0.330 e. The van der Waals surface area contributed by atoms with Gasteiger partial charge in [-0.25, -0.2) is 4.79 Å². The summed E-state index contributed by atoms with van der Waals surface area (Å²) >= 11 is 0. The molecule has 3 aromatic carbocycles. The fourth-order valence-electron chi connectivity index (χ4n) is 4.09. The lowest BCUT2D eigenvalue weighted by Gasteiger charge is -2.23. The second-order valence-corrected chi connectivity index (χ2v) is 8.75. The van der Waals surface area contributed by atoms with Crippen LogP contribution in [-0.4, -0.2) is 41.0 Å². The van der Waals surface area contributed by atoms with Crippen LogP contribution in [0.15, 0.2) is 94.5 Å². The predicted molar refractivity (Wildman–Crippen MR) is 143 cm³/mol. The van der Waals surface area contributed by atoms with Gasteiger partial charge in [-0.2, -0.15) is 0 Å². The highest BCUT2D eigenvalue weighted by atomic mass is 16.2. The number of rotatable bonds is 8. The Morgan fingerprint density at radius 1 is 0.833 bits per heavy atom. The first kappa shape index (κ1) is 24.7. The number of hydrogen-bond acceptors (Lipinski definition) is 5. The third-order valence-electron chi connectivity index (χ3n) is 6.03. The van der Waals surface area contributed by atoms with Crippen LogP contribution >= 0.6 is 0 Å². The minimum absolute atomic E-state index is 0.0452. The molecule has 8 nitrogen and oxygen atoms in total. The molecule has 0 radical (unpaired) electrons. The fourth-order valence-corrected chi connectivity index (χ4v) is 4.09. The van der Waals surface area contributed by atoms with Crippen LogP contribution in [0.25, 0.3) is 11.1 Å². The second kappa shape index (κ2) is 10.9. The summed E-state index contributed by atoms with van der Waals surface area (Å²) in [4.78, 5) is 43.4. The van der Waals surface area contributed by atoms with Crippen LogP contribution in [0.2, 0.25) is 0 Å². The zero-order valence-electron chi connectivity index (χ0n) is 20.3. The molecule has 1 heterocycles. The van der Waals surface area contributed by atoms with Crippen molar-refractivity contribution in [2.24, 2.45) is 0 Å². The van der Waals surface area contributed by atoms with E-state index in [2.05, 4.69) is 29.2 Å². The number of benzene rings is 3. The lowest BCUT2D eigenvalue weighted by Crippen LogP contribution is -2.42. The molecule has 0 aliphatic rings. The highest BCUT2D eigenvalue weighted by Crippen LogP contribution is 2.20. The van der Waals surface area contributed by atoms with E-state index in [4.69, 9.17) is 5.73 Å². The van der Waals surface area contributed by atoms with E-state index >= 15 is 0 Å². The Morgan fingerprint density at radius 3 is 2.06 bits per heavy atom. The van der Waals surface area contributed by atoms with E-state index in [1.165, 1.54) is 16.5 Å². The van der Waals surface area contributed by atoms with Crippen LogP contribution < -0.4 is 21.9 Å². The molecule has 0 saturated heterocycles. The average molecular weight is 484 g/mol. The molecular formula is C28H29N5O3. The van der Waals surface area contributed by atoms with E-state index in [0.29, 0.717) is 6.54 Å². The fraction of sp³-hybridized carbons (Fsp3) is 0.179. The number of amides is 1. The van der Waals surface area contributed by atoms with Crippen LogP contribution in [0, 0.1) is 0 Å². The molecule has 0 unspecified atom stereocenters. The largest absolute Gasteiger partial charge is 0.383 e. The first-order valence-electron chi connectivity index (χ1n) is 11.6. The van der Waals surface area contributed by atoms with Crippen LogP contribution in [0.4, 0.5) is 11.5 Å². The van der Waals surface area contributed by atoms with E-state index in [0.717, 1.165) is 22.3 Å². The number of aromatic amines is 1. The lowest BCUT2D eigenvalue weighted by atomic mass is 10.0. The molecule has 0 fully saturated rings. The van der Waals surface area contributed by atoms with E-state index < -0.39 is 11.2 Å². The Kier molecular flexibility index (Phi) is 7.46. The molecule has 36 heavy (non-hydrogen) atoms. The number of nitrogens with two attached hydrogens (primary N) is 1. The topological polar surface area (TPSA) is 104 Å². The number of carbonyl (C=O) groups excluding carboxylic acids is 1. The van der Waals surface area contributed by atoms with E-state index in [1.807, 2.05) is 72.6 Å². The van der Waals surface area contributed by atoms with Crippen molar-refractivity contribution in [3.05, 3.63) is 117 Å². The van der Waals surface area contributed by atoms with Crippen molar-refractivity contribution < 1.29 is 4.79 Å². The van der Waals surface area contributed by atoms with Crippen molar-refractivity contribution in [2.45, 2.75) is 13.1 Å². The average Bonchev–Trinajstić information content (AvgIpc) is 2.88. The monoisotopic (exact) mass is 483 g/mol. The summed E-state index contributed by atoms with van der Waals surface area (Å²) < 4.78 is 1.26. The molecule has 0 spiro atoms. The van der Waals surface area contributed by atoms with Crippen molar-refractivity contribution in [3.8, 4) is 11.1 Å². The van der Waals surface area contributed by atoms with Gasteiger partial charge >= 0.3 is 5.69 Å². The Bertz CT molecular complexity index is 1450. The van der Waals surface area contributed by atoms with Gasteiger partial charge in [0.1, 0.15) is 5.82 Å². The molecule has 0 aliphatic carbocycles. The number of carbonyl (C=O) groups is 1. The van der Waals surface area contributed by atoms with Gasteiger partial charge in [-0.1, -0.05) is 84.9 Å². The van der Waals surface area contributed by atoms with E-state index in [1.54, 1.807) is 0 Å². The number of anilines is 2. The predicted octanol–water partition coefficient (Wildman–Crippen LogP) is 2.93. The standard InChI is InChI=1S/C28H29N5O3/c1-31(17-21-13-15-23(16-14-21)22-11-7-4-8-12-22)19-24(34)32(2)25-26(29)33(28(36)30-27(25)35)18-20-9-5-3-6-10-20/h3-16H,17-19,29H2,1-2H3,(H,30,35,36). The van der Waals surface area contributed by atoms with E-state index in [9.17, 15) is 14.4 Å². The first-order valence-corrected chi connectivity index (χ1v) is 11.6. The second-order valence-electron chi connectivity index (χ2n) is 8.75. The smallest absolute Gasteiger partial charge is 0.330 e. The molecule has 1 aromatic heterocycles. The molecular weight excluding hydrogens is 454 g/mol. The van der Waals surface area contributed by atoms with Crippen LogP contribution in [0.3, 0.4) is 0 Å². The number of nitrogen functional groups attached to an aromatic ring is 1. The summed E-state index contributed by atoms with van der Waals surface area (Å²) in [5.41, 5.74) is 9.03. The number of nitrogens with zero attached hydrogens (tertiary/aromatic N) is 3. The van der Waals surface area contributed by atoms with Crippen molar-refractivity contribution >= 4 is 17.4 Å². The van der Waals surface area contributed by atoms with Gasteiger partial charge < -0.3 is 10.6 Å². The van der Waals surface area contributed by atoms with Gasteiger partial charge in [0.2, 0.25) is 5.91 Å². The molecule has 184 valence electrons. The summed E-state index contributed by atoms with van der Waals surface area (Å²) in [6.45, 7) is 0.790. The van der Waals surface area contributed by atoms with Crippen LogP contribution in [0.1, 0.15) is 11.1 Å². The van der Waals surface area contributed by atoms with Gasteiger partial charge in [-0.3, -0.25) is 24.0 Å². The number of likely N-dealkylation sites (N-methyl/N-ethyl adjacent to an activating group) is 2. The maximum absolute atomic E-state index is 13.0. The summed E-state index contributed by atoms with van der Waals surface area (Å²) in [5.74, 6) is -0.372. The molecule has 8 heteroatoms. The highest BCUT2D eigenvalue weighted by Gasteiger charge is 2.22. The molecule has 1 amide bonds. The Hall–Kier alpha value is -4.43. The van der Waals surface area contributed by atoms with Crippen molar-refractivity contribution in [3.63, 3.8) is 0 Å². The molecule has 0 atom stereocenters. The highest BCUT2D eigenvalue weighted by molar-refractivity contribution is 5.96. The van der Waals surface area contributed by atoms with E-state index in [-0.39, 0.29) is 30.5 Å². The Morgan fingerprint density at radius 2 is 1.42 bits per heavy atom. The van der Waals surface area contributed by atoms with Crippen molar-refractivity contribution in [1.29, 1.82) is 0 Å². The minimum Gasteiger partial charge on any atom is -0.383 e. The number of aromatic nitrogens is 2. The molecule has 3 N–H and O–H groups in total. The van der Waals surface area contributed by atoms with Gasteiger partial charge in [0, 0.05) is 13.6 Å². The van der Waals surface area contributed by atoms with Gasteiger partial charge in [0.15, 0.2) is 5.69 Å². The minimum atomic E-state index is -0.697. The molecule has 0 saturated carbocycles. The number of hydrogen-bond donors (Lipinski definition) is 2. The summed E-state index contributed by atoms with van der Waals surface area (Å²) in [7, 11) is 3.32. The van der Waals surface area contributed by atoms with Gasteiger partial charge in [-0.05, 0) is 29.3 Å². The summed E-state index contributed by atoms with van der Waals surface area (Å²) in [6, 6.07) is 27.6. The molecule has 0 bridgehead atoms. The number of nitrogens with one attached hydrogen (secondary N) is 1. The number of H-pyrrole nitrogens is 1. The lowest BCUT2D eigenvalue weighted by molar-refractivity contribution is -0.119. The summed E-state index contributed by atoms with van der Waals surface area (Å²) in [6.07, 6.45) is 0. The SMILES string of the molecule is CN(CC(=O)N(C)c1c(N)n(Cc2ccccc2)c(=O)[nH]c1=O)Cc1ccc(-c2ccccc2)cc1. The Balaban J connectivity index is 1.46. The van der Waals surface area contributed by atoms with Gasteiger partial charge in [0.05, 0.1) is 13.1 Å². The van der Waals surface area contributed by atoms with Gasteiger partial charge in [-0.15, -0.1) is 0 Å². The zero-order chi connectivity index (χ0) is 25.7. The molecule has 0 aliphatic heterocycles. The Labute approximate surface area is 209 Å². The first-order chi connectivity index (χ1) is 17.3. The van der Waals surface area contributed by atoms with Gasteiger partial charge in [0.25, 0.3) is 5.56 Å². The molecule has 4 aromatic rings. The normalized spacial score (nSPS) is 11.0. The zero-order valence-corrected chi connectivity index (χ0v) is 20.3. The summed E-state index contributed by atoms with van der Waals surface area (Å²) in [5, 5.41) is 0. The third kappa shape index (κ3) is 5.61.